The molecule has 0 bridgehead atoms. The van der Waals surface area contributed by atoms with E-state index in [1.165, 1.54) is 38.2 Å². The highest BCUT2D eigenvalue weighted by Gasteiger charge is 2.26. The number of H-pyrrole nitrogens is 1. The highest BCUT2D eigenvalue weighted by Crippen LogP contribution is 2.39. The molecule has 1 fully saturated rings. The summed E-state index contributed by atoms with van der Waals surface area (Å²) >= 11 is 0. The number of nitrogens with one attached hydrogen (secondary N) is 3. The highest BCUT2D eigenvalue weighted by atomic mass is 32.2. The van der Waals surface area contributed by atoms with Crippen molar-refractivity contribution in [2.75, 3.05) is 13.7 Å². The van der Waals surface area contributed by atoms with E-state index in [1.807, 2.05) is 18.3 Å². The number of sulfonamides is 1. The number of amides is 3. The van der Waals surface area contributed by atoms with Gasteiger partial charge in [0.1, 0.15) is 5.75 Å². The van der Waals surface area contributed by atoms with Crippen LogP contribution in [0.2, 0.25) is 0 Å². The Hall–Kier alpha value is -4.64. The number of hydrogen-bond donors (Lipinski definition) is 4. The summed E-state index contributed by atoms with van der Waals surface area (Å²) in [5.74, 6) is -0.964. The first kappa shape index (κ1) is 31.8. The number of ether oxygens (including phenoxy) is 1. The van der Waals surface area contributed by atoms with E-state index >= 15 is 0 Å². The Labute approximate surface area is 262 Å². The van der Waals surface area contributed by atoms with E-state index in [4.69, 9.17) is 10.5 Å². The summed E-state index contributed by atoms with van der Waals surface area (Å²) in [7, 11) is -2.66. The van der Waals surface area contributed by atoms with Gasteiger partial charge in [-0.05, 0) is 79.6 Å². The molecule has 5 rings (SSSR count). The fourth-order valence-corrected chi connectivity index (χ4v) is 7.35. The van der Waals surface area contributed by atoms with Crippen molar-refractivity contribution in [3.8, 4) is 5.75 Å². The monoisotopic (exact) mass is 630 g/mol. The first-order chi connectivity index (χ1) is 21.6. The number of primary amides is 1. The summed E-state index contributed by atoms with van der Waals surface area (Å²) in [6, 6.07) is 16.6. The van der Waals surface area contributed by atoms with Crippen molar-refractivity contribution >= 4 is 38.6 Å². The molecule has 1 heterocycles. The maximum atomic E-state index is 13.1. The predicted octanol–water partition coefficient (Wildman–Crippen LogP) is 4.92. The molecule has 5 N–H and O–H groups in total. The molecule has 4 aromatic rings. The van der Waals surface area contributed by atoms with Crippen molar-refractivity contribution in [3.63, 3.8) is 0 Å². The molecule has 1 aromatic heterocycles. The van der Waals surface area contributed by atoms with Gasteiger partial charge in [0.2, 0.25) is 5.91 Å². The average molecular weight is 631 g/mol. The van der Waals surface area contributed by atoms with Crippen molar-refractivity contribution in [3.05, 3.63) is 94.7 Å². The van der Waals surface area contributed by atoms with Gasteiger partial charge in [-0.2, -0.15) is 0 Å². The minimum Gasteiger partial charge on any atom is -0.496 e. The zero-order valence-corrected chi connectivity index (χ0v) is 26.2. The van der Waals surface area contributed by atoms with Gasteiger partial charge in [-0.3, -0.25) is 14.4 Å². The molecule has 1 atom stereocenters. The predicted molar refractivity (Wildman–Crippen MR) is 172 cm³/mol. The SMILES string of the molecule is COc1cc(C(=O)NS(=O)(=O)c2ccccc2C)ccc1C(CCC(N)=O)c1c[nH]c2ccc(C(=O)NCC3CCCC3)cc12. The van der Waals surface area contributed by atoms with E-state index < -0.39 is 27.8 Å². The van der Waals surface area contributed by atoms with Gasteiger partial charge in [0, 0.05) is 52.7 Å². The van der Waals surface area contributed by atoms with Gasteiger partial charge in [-0.1, -0.05) is 37.1 Å². The lowest BCUT2D eigenvalue weighted by Crippen LogP contribution is -2.31. The van der Waals surface area contributed by atoms with E-state index in [2.05, 4.69) is 15.0 Å². The first-order valence-electron chi connectivity index (χ1n) is 15.1. The first-order valence-corrected chi connectivity index (χ1v) is 16.5. The molecular formula is C34H38N4O6S. The molecule has 10 nitrogen and oxygen atoms in total. The summed E-state index contributed by atoms with van der Waals surface area (Å²) in [6.07, 6.45) is 6.93. The Kier molecular flexibility index (Phi) is 9.57. The third-order valence-electron chi connectivity index (χ3n) is 8.54. The van der Waals surface area contributed by atoms with Crippen LogP contribution in [-0.2, 0) is 14.8 Å². The number of nitrogens with two attached hydrogens (primary N) is 1. The number of aryl methyl sites for hydroxylation is 1. The topological polar surface area (TPSA) is 160 Å². The van der Waals surface area contributed by atoms with Gasteiger partial charge in [0.05, 0.1) is 12.0 Å². The third kappa shape index (κ3) is 7.20. The fraction of sp³-hybridized carbons (Fsp3) is 0.324. The van der Waals surface area contributed by atoms with Gasteiger partial charge in [0.15, 0.2) is 0 Å². The summed E-state index contributed by atoms with van der Waals surface area (Å²) in [4.78, 5) is 41.3. The van der Waals surface area contributed by atoms with Gasteiger partial charge < -0.3 is 20.8 Å². The van der Waals surface area contributed by atoms with Gasteiger partial charge >= 0.3 is 0 Å². The van der Waals surface area contributed by atoms with Crippen molar-refractivity contribution < 1.29 is 27.5 Å². The number of aromatic amines is 1. The summed E-state index contributed by atoms with van der Waals surface area (Å²) in [5.41, 5.74) is 8.99. The lowest BCUT2D eigenvalue weighted by Gasteiger charge is -2.20. The van der Waals surface area contributed by atoms with E-state index in [0.717, 1.165) is 29.3 Å². The van der Waals surface area contributed by atoms with Crippen LogP contribution in [-0.4, -0.2) is 44.8 Å². The molecule has 45 heavy (non-hydrogen) atoms. The lowest BCUT2D eigenvalue weighted by atomic mass is 9.85. The van der Waals surface area contributed by atoms with Gasteiger partial charge in [0.25, 0.3) is 21.8 Å². The second-order valence-electron chi connectivity index (χ2n) is 11.6. The van der Waals surface area contributed by atoms with Gasteiger partial charge in [-0.25, -0.2) is 13.1 Å². The maximum Gasteiger partial charge on any atom is 0.265 e. The Morgan fingerprint density at radius 3 is 2.40 bits per heavy atom. The van der Waals surface area contributed by atoms with Crippen LogP contribution < -0.4 is 20.5 Å². The summed E-state index contributed by atoms with van der Waals surface area (Å²) in [6.45, 7) is 2.31. The van der Waals surface area contributed by atoms with Crippen LogP contribution in [0.4, 0.5) is 0 Å². The molecule has 11 heteroatoms. The second kappa shape index (κ2) is 13.6. The Morgan fingerprint density at radius 1 is 0.978 bits per heavy atom. The van der Waals surface area contributed by atoms with E-state index in [1.54, 1.807) is 37.3 Å². The van der Waals surface area contributed by atoms with Gasteiger partial charge in [-0.15, -0.1) is 0 Å². The normalized spacial score (nSPS) is 14.3. The van der Waals surface area contributed by atoms with Crippen LogP contribution in [0, 0.1) is 12.8 Å². The lowest BCUT2D eigenvalue weighted by molar-refractivity contribution is -0.118. The molecule has 3 amide bonds. The molecule has 0 radical (unpaired) electrons. The minimum atomic E-state index is -4.11. The zero-order valence-electron chi connectivity index (χ0n) is 25.4. The van der Waals surface area contributed by atoms with Crippen molar-refractivity contribution in [2.24, 2.45) is 11.7 Å². The number of carbonyl (C=O) groups excluding carboxylic acids is 3. The molecular weight excluding hydrogens is 592 g/mol. The molecule has 0 saturated heterocycles. The number of rotatable bonds is 12. The van der Waals surface area contributed by atoms with E-state index in [9.17, 15) is 22.8 Å². The highest BCUT2D eigenvalue weighted by molar-refractivity contribution is 7.90. The van der Waals surface area contributed by atoms with Crippen molar-refractivity contribution in [2.45, 2.75) is 56.3 Å². The van der Waals surface area contributed by atoms with Crippen LogP contribution in [0.15, 0.2) is 71.8 Å². The molecule has 0 spiro atoms. The van der Waals surface area contributed by atoms with Crippen LogP contribution in [0.5, 0.6) is 5.75 Å². The number of fused-ring (bicyclic) bond motifs is 1. The molecule has 1 saturated carbocycles. The minimum absolute atomic E-state index is 0.0133. The Bertz CT molecular complexity index is 1840. The van der Waals surface area contributed by atoms with Crippen LogP contribution in [0.3, 0.4) is 0 Å². The van der Waals surface area contributed by atoms with Crippen LogP contribution >= 0.6 is 0 Å². The van der Waals surface area contributed by atoms with Crippen LogP contribution in [0.25, 0.3) is 10.9 Å². The van der Waals surface area contributed by atoms with Crippen molar-refractivity contribution in [1.82, 2.24) is 15.0 Å². The number of benzene rings is 3. The molecule has 3 aromatic carbocycles. The second-order valence-corrected chi connectivity index (χ2v) is 13.2. The zero-order chi connectivity index (χ0) is 32.1. The Balaban J connectivity index is 1.45. The summed E-state index contributed by atoms with van der Waals surface area (Å²) in [5, 5.41) is 3.88. The molecule has 1 aliphatic carbocycles. The third-order valence-corrected chi connectivity index (χ3v) is 10.0. The van der Waals surface area contributed by atoms with E-state index in [0.29, 0.717) is 41.3 Å². The van der Waals surface area contributed by atoms with Crippen molar-refractivity contribution in [1.29, 1.82) is 0 Å². The maximum absolute atomic E-state index is 13.1. The number of aromatic nitrogens is 1. The van der Waals surface area contributed by atoms with E-state index in [-0.39, 0.29) is 22.8 Å². The average Bonchev–Trinajstić information content (AvgIpc) is 3.70. The molecule has 1 aliphatic rings. The molecule has 1 unspecified atom stereocenters. The van der Waals surface area contributed by atoms with Crippen LogP contribution in [0.1, 0.15) is 81.8 Å². The smallest absolute Gasteiger partial charge is 0.265 e. The number of hydrogen-bond acceptors (Lipinski definition) is 6. The largest absolute Gasteiger partial charge is 0.496 e. The molecule has 236 valence electrons. The summed E-state index contributed by atoms with van der Waals surface area (Å²) < 4.78 is 33.7. The Morgan fingerprint density at radius 2 is 1.69 bits per heavy atom. The quantitative estimate of drug-likeness (QED) is 0.174. The molecule has 0 aliphatic heterocycles. The standard InChI is InChI=1S/C34H38N4O6S/c1-21-7-3-6-10-31(21)45(42,43)38-34(41)24-11-13-26(30(18-24)44-2)25(14-16-32(35)39)28-20-36-29-15-12-23(17-27(28)29)33(40)37-19-22-8-4-5-9-22/h3,6-7,10-13,15,17-18,20,22,25,36H,4-5,8-9,14,16,19H2,1-2H3,(H2,35,39)(H,37,40)(H,38,41). The fourth-order valence-electron chi connectivity index (χ4n) is 6.12. The number of methoxy groups -OCH3 is 1. The number of carbonyl (C=O) groups is 3.